The Hall–Kier alpha value is -2.16. The Bertz CT molecular complexity index is 1110. The van der Waals surface area contributed by atoms with Gasteiger partial charge in [0, 0.05) is 34.6 Å². The molecule has 0 aliphatic carbocycles. The van der Waals surface area contributed by atoms with Crippen LogP contribution in [0, 0.1) is 5.82 Å². The van der Waals surface area contributed by atoms with Crippen LogP contribution in [0.25, 0.3) is 28.1 Å². The van der Waals surface area contributed by atoms with Gasteiger partial charge >= 0.3 is 35.5 Å². The van der Waals surface area contributed by atoms with Gasteiger partial charge < -0.3 is 25.0 Å². The summed E-state index contributed by atoms with van der Waals surface area (Å²) in [5, 5.41) is 41.7. The van der Waals surface area contributed by atoms with Crippen LogP contribution in [0.15, 0.2) is 48.5 Å². The number of aliphatic hydroxyl groups excluding tert-OH is 2. The van der Waals surface area contributed by atoms with Gasteiger partial charge in [-0.1, -0.05) is 30.3 Å². The maximum absolute atomic E-state index is 13.5. The smallest absolute Gasteiger partial charge is 0.872 e. The average Bonchev–Trinajstić information content (AvgIpc) is 2.99. The van der Waals surface area contributed by atoms with Crippen LogP contribution in [0.2, 0.25) is 0 Å². The minimum absolute atomic E-state index is 0. The summed E-state index contributed by atoms with van der Waals surface area (Å²) in [5.74, 6) is -1.64. The number of fused-ring (bicyclic) bond motifs is 1. The van der Waals surface area contributed by atoms with Crippen molar-refractivity contribution in [1.82, 2.24) is 4.57 Å². The van der Waals surface area contributed by atoms with Crippen molar-refractivity contribution in [3.63, 3.8) is 0 Å². The molecule has 0 spiro atoms. The first-order chi connectivity index (χ1) is 14.7. The molecule has 0 saturated carbocycles. The number of benzene rings is 2. The third kappa shape index (κ3) is 5.99. The van der Waals surface area contributed by atoms with Gasteiger partial charge in [0.15, 0.2) is 0 Å². The average molecular weight is 449 g/mol. The van der Waals surface area contributed by atoms with E-state index in [1.807, 2.05) is 18.4 Å². The van der Waals surface area contributed by atoms with Gasteiger partial charge in [0.2, 0.25) is 0 Å². The number of carbonyl (C=O) groups is 1. The third-order valence-corrected chi connectivity index (χ3v) is 5.06. The summed E-state index contributed by atoms with van der Waals surface area (Å²) in [4.78, 5) is 10.7. The molecular weight excluding hydrogens is 424 g/mol. The first-order valence-corrected chi connectivity index (χ1v) is 10.0. The topological polar surface area (TPSA) is 106 Å². The van der Waals surface area contributed by atoms with Gasteiger partial charge in [-0.15, -0.1) is 5.75 Å². The molecule has 0 saturated heterocycles. The van der Waals surface area contributed by atoms with Gasteiger partial charge in [-0.3, -0.25) is 4.79 Å². The third-order valence-electron chi connectivity index (χ3n) is 5.06. The summed E-state index contributed by atoms with van der Waals surface area (Å²) in [6.07, 6.45) is 0.368. The first kappa shape index (κ1) is 26.1. The van der Waals surface area contributed by atoms with Gasteiger partial charge in [0.1, 0.15) is 5.82 Å². The van der Waals surface area contributed by atoms with Crippen LogP contribution < -0.4 is 34.7 Å². The second-order valence-corrected chi connectivity index (χ2v) is 7.82. The van der Waals surface area contributed by atoms with Crippen LogP contribution in [0.3, 0.4) is 0 Å². The number of carboxylic acids is 1. The van der Waals surface area contributed by atoms with Gasteiger partial charge in [0.25, 0.3) is 0 Å². The summed E-state index contributed by atoms with van der Waals surface area (Å²) in [5.41, 5.74) is 2.98. The molecule has 164 valence electrons. The normalized spacial score (nSPS) is 13.4. The van der Waals surface area contributed by atoms with Crippen LogP contribution in [0.1, 0.15) is 38.4 Å². The number of aromatic nitrogens is 1. The fourth-order valence-electron chi connectivity index (χ4n) is 3.79. The molecule has 0 fully saturated rings. The number of hydrogen-bond acceptors (Lipinski definition) is 4. The first-order valence-electron chi connectivity index (χ1n) is 10.0. The quantitative estimate of drug-likeness (QED) is 0.439. The molecule has 0 bridgehead atoms. The van der Waals surface area contributed by atoms with Crippen molar-refractivity contribution < 1.29 is 59.2 Å². The summed E-state index contributed by atoms with van der Waals surface area (Å²) >= 11 is 0. The van der Waals surface area contributed by atoms with Crippen molar-refractivity contribution >= 4 is 22.9 Å². The van der Waals surface area contributed by atoms with Crippen molar-refractivity contribution in [2.75, 3.05) is 0 Å². The van der Waals surface area contributed by atoms with Crippen LogP contribution in [0.5, 0.6) is 5.75 Å². The Morgan fingerprint density at radius 3 is 2.41 bits per heavy atom. The van der Waals surface area contributed by atoms with E-state index in [0.717, 1.165) is 22.0 Å². The molecule has 8 heteroatoms. The van der Waals surface area contributed by atoms with E-state index < -0.39 is 24.6 Å². The van der Waals surface area contributed by atoms with Crippen molar-refractivity contribution in [2.45, 2.75) is 44.9 Å². The molecule has 1 heterocycles. The Morgan fingerprint density at radius 2 is 1.81 bits per heavy atom. The Morgan fingerprint density at radius 1 is 1.16 bits per heavy atom. The van der Waals surface area contributed by atoms with Crippen molar-refractivity contribution in [1.29, 1.82) is 0 Å². The summed E-state index contributed by atoms with van der Waals surface area (Å²) in [6.45, 7) is 3.94. The molecule has 0 amide bonds. The van der Waals surface area contributed by atoms with Crippen LogP contribution in [-0.4, -0.2) is 38.1 Å². The Kier molecular flexibility index (Phi) is 9.07. The predicted octanol–water partition coefficient (Wildman–Crippen LogP) is 0.706. The molecule has 1 aromatic heterocycles. The zero-order valence-corrected chi connectivity index (χ0v) is 20.3. The second-order valence-electron chi connectivity index (χ2n) is 7.82. The predicted molar refractivity (Wildman–Crippen MR) is 115 cm³/mol. The number of carboxylic acid groups (broad SMARTS) is 1. The second kappa shape index (κ2) is 11.1. The Labute approximate surface area is 207 Å². The molecule has 6 nitrogen and oxygen atoms in total. The number of aliphatic carboxylic acids is 1. The van der Waals surface area contributed by atoms with E-state index in [2.05, 4.69) is 0 Å². The summed E-state index contributed by atoms with van der Waals surface area (Å²) in [7, 11) is 0. The number of nitrogens with zero attached hydrogens (tertiary/aromatic N) is 1. The van der Waals surface area contributed by atoms with E-state index in [-0.39, 0.29) is 53.6 Å². The van der Waals surface area contributed by atoms with Gasteiger partial charge in [-0.05, 0) is 43.7 Å². The molecule has 0 radical (unpaired) electrons. The molecule has 3 aromatic rings. The largest absolute Gasteiger partial charge is 1.00 e. The fraction of sp³-hybridized carbons (Fsp3) is 0.292. The van der Waals surface area contributed by atoms with Gasteiger partial charge in [-0.25, -0.2) is 4.39 Å². The maximum Gasteiger partial charge on any atom is 1.00 e. The van der Waals surface area contributed by atoms with Gasteiger partial charge in [-0.2, -0.15) is 0 Å². The van der Waals surface area contributed by atoms with E-state index in [9.17, 15) is 24.5 Å². The SMILES string of the molecule is CC(C)n1c(/C=C\[C@@H](O)C[C@@H](O)CC(=O)O)c(-c2ccc(F)cc2)c2ccc([O-])cc21.[Na+]. The number of halogens is 1. The van der Waals surface area contributed by atoms with Crippen LogP contribution in [-0.2, 0) is 4.79 Å². The Balaban J connectivity index is 0.00000363. The molecule has 2 aromatic carbocycles. The van der Waals surface area contributed by atoms with Crippen LogP contribution >= 0.6 is 0 Å². The number of aliphatic hydroxyl groups is 2. The van der Waals surface area contributed by atoms with E-state index in [1.165, 1.54) is 24.3 Å². The molecule has 0 aliphatic heterocycles. The number of hydrogen-bond donors (Lipinski definition) is 3. The van der Waals surface area contributed by atoms with E-state index in [4.69, 9.17) is 5.11 Å². The molecule has 3 N–H and O–H groups in total. The van der Waals surface area contributed by atoms with Crippen LogP contribution in [0.4, 0.5) is 4.39 Å². The zero-order valence-electron chi connectivity index (χ0n) is 18.3. The summed E-state index contributed by atoms with van der Waals surface area (Å²) in [6, 6.07) is 10.8. The van der Waals surface area contributed by atoms with E-state index in [0.29, 0.717) is 5.69 Å². The van der Waals surface area contributed by atoms with Crippen molar-refractivity contribution in [3.8, 4) is 16.9 Å². The van der Waals surface area contributed by atoms with E-state index in [1.54, 1.807) is 30.3 Å². The number of rotatable bonds is 8. The summed E-state index contributed by atoms with van der Waals surface area (Å²) < 4.78 is 15.5. The van der Waals surface area contributed by atoms with Crippen molar-refractivity contribution in [2.24, 2.45) is 0 Å². The maximum atomic E-state index is 13.5. The molecule has 32 heavy (non-hydrogen) atoms. The van der Waals surface area contributed by atoms with Gasteiger partial charge in [0.05, 0.1) is 18.6 Å². The van der Waals surface area contributed by atoms with Crippen molar-refractivity contribution in [3.05, 3.63) is 60.1 Å². The minimum Gasteiger partial charge on any atom is -0.872 e. The molecular formula is C24H25FNNaO5. The monoisotopic (exact) mass is 449 g/mol. The molecule has 2 atom stereocenters. The molecule has 3 rings (SSSR count). The minimum atomic E-state index is -1.17. The fourth-order valence-corrected chi connectivity index (χ4v) is 3.79. The molecule has 0 unspecified atom stereocenters. The molecule has 0 aliphatic rings. The van der Waals surface area contributed by atoms with E-state index >= 15 is 0 Å². The standard InChI is InChI=1S/C24H26FNO5.Na/c1-14(2)26-21(10-8-17(27)11-19(29)13-23(30)31)24(15-3-5-16(25)6-4-15)20-9-7-18(28)12-22(20)26;/h3-10,12,14,17,19,27-29H,11,13H2,1-2H3,(H,30,31);/q;+1/p-1/b10-8-;/t17-,19-;/m1./s1. The zero-order chi connectivity index (χ0) is 22.7.